The maximum Gasteiger partial charge on any atom is 0.134 e. The first-order valence-electron chi connectivity index (χ1n) is 7.65. The number of benzene rings is 1. The van der Waals surface area contributed by atoms with E-state index in [0.29, 0.717) is 5.02 Å². The molecule has 0 aromatic heterocycles. The van der Waals surface area contributed by atoms with Crippen molar-refractivity contribution >= 4 is 11.6 Å². The molecule has 2 N–H and O–H groups in total. The molecule has 2 aliphatic heterocycles. The lowest BCUT2D eigenvalue weighted by Gasteiger charge is -2.35. The van der Waals surface area contributed by atoms with Crippen molar-refractivity contribution in [1.82, 2.24) is 10.2 Å². The minimum atomic E-state index is 0.168. The summed E-state index contributed by atoms with van der Waals surface area (Å²) in [5.41, 5.74) is 1.19. The van der Waals surface area contributed by atoms with Gasteiger partial charge in [-0.3, -0.25) is 4.90 Å². The van der Waals surface area contributed by atoms with Gasteiger partial charge in [0.15, 0.2) is 0 Å². The van der Waals surface area contributed by atoms with Crippen LogP contribution in [0.3, 0.4) is 0 Å². The SMILES string of the molecule is Oc1ccc(CN2CCC(C3CCCN3)CC2)cc1Cl. The van der Waals surface area contributed by atoms with Crippen molar-refractivity contribution in [3.63, 3.8) is 0 Å². The molecule has 20 heavy (non-hydrogen) atoms. The summed E-state index contributed by atoms with van der Waals surface area (Å²) >= 11 is 5.96. The number of nitrogens with one attached hydrogen (secondary N) is 1. The van der Waals surface area contributed by atoms with Gasteiger partial charge in [-0.2, -0.15) is 0 Å². The maximum atomic E-state index is 9.45. The lowest BCUT2D eigenvalue weighted by molar-refractivity contribution is 0.157. The van der Waals surface area contributed by atoms with E-state index in [2.05, 4.69) is 10.2 Å². The van der Waals surface area contributed by atoms with Gasteiger partial charge < -0.3 is 10.4 Å². The molecule has 0 bridgehead atoms. The molecule has 0 saturated carbocycles. The molecule has 2 heterocycles. The van der Waals surface area contributed by atoms with Gasteiger partial charge in [-0.25, -0.2) is 0 Å². The first-order chi connectivity index (χ1) is 9.72. The number of likely N-dealkylation sites (tertiary alicyclic amines) is 1. The first kappa shape index (κ1) is 14.2. The highest BCUT2D eigenvalue weighted by Gasteiger charge is 2.28. The lowest BCUT2D eigenvalue weighted by atomic mass is 9.88. The van der Waals surface area contributed by atoms with E-state index >= 15 is 0 Å². The molecule has 0 amide bonds. The molecule has 4 heteroatoms. The van der Waals surface area contributed by atoms with E-state index in [0.717, 1.165) is 18.5 Å². The van der Waals surface area contributed by atoms with Gasteiger partial charge in [0.05, 0.1) is 5.02 Å². The normalized spacial score (nSPS) is 25.1. The monoisotopic (exact) mass is 294 g/mol. The van der Waals surface area contributed by atoms with Crippen molar-refractivity contribution in [3.8, 4) is 5.75 Å². The van der Waals surface area contributed by atoms with Crippen molar-refractivity contribution in [2.24, 2.45) is 5.92 Å². The van der Waals surface area contributed by atoms with E-state index in [1.807, 2.05) is 12.1 Å². The van der Waals surface area contributed by atoms with Crippen molar-refractivity contribution in [2.45, 2.75) is 38.3 Å². The number of rotatable bonds is 3. The highest BCUT2D eigenvalue weighted by molar-refractivity contribution is 6.32. The van der Waals surface area contributed by atoms with E-state index in [1.165, 1.54) is 50.9 Å². The predicted molar refractivity (Wildman–Crippen MR) is 82.1 cm³/mol. The van der Waals surface area contributed by atoms with Gasteiger partial charge in [0.25, 0.3) is 0 Å². The average molecular weight is 295 g/mol. The largest absolute Gasteiger partial charge is 0.506 e. The summed E-state index contributed by atoms with van der Waals surface area (Å²) in [7, 11) is 0. The van der Waals surface area contributed by atoms with Crippen LogP contribution in [0.1, 0.15) is 31.2 Å². The van der Waals surface area contributed by atoms with Crippen molar-refractivity contribution in [2.75, 3.05) is 19.6 Å². The molecular formula is C16H23ClN2O. The van der Waals surface area contributed by atoms with Gasteiger partial charge in [0, 0.05) is 12.6 Å². The van der Waals surface area contributed by atoms with Crippen molar-refractivity contribution in [1.29, 1.82) is 0 Å². The Kier molecular flexibility index (Phi) is 4.49. The fourth-order valence-electron chi connectivity index (χ4n) is 3.53. The third kappa shape index (κ3) is 3.27. The van der Waals surface area contributed by atoms with Gasteiger partial charge in [0.1, 0.15) is 5.75 Å². The minimum Gasteiger partial charge on any atom is -0.506 e. The molecule has 0 radical (unpaired) electrons. The standard InChI is InChI=1S/C16H23ClN2O/c17-14-10-12(3-4-16(14)20)11-19-8-5-13(6-9-19)15-2-1-7-18-15/h3-4,10,13,15,18,20H,1-2,5-9,11H2. The fourth-order valence-corrected chi connectivity index (χ4v) is 3.74. The Morgan fingerprint density at radius 2 is 2.05 bits per heavy atom. The van der Waals surface area contributed by atoms with Gasteiger partial charge in [-0.1, -0.05) is 17.7 Å². The predicted octanol–water partition coefficient (Wildman–Crippen LogP) is 3.01. The zero-order valence-electron chi connectivity index (χ0n) is 11.8. The zero-order valence-corrected chi connectivity index (χ0v) is 12.6. The molecule has 1 aromatic carbocycles. The van der Waals surface area contributed by atoms with E-state index in [4.69, 9.17) is 11.6 Å². The Morgan fingerprint density at radius 1 is 1.25 bits per heavy atom. The number of phenols is 1. The summed E-state index contributed by atoms with van der Waals surface area (Å²) in [6.45, 7) is 4.48. The molecule has 2 fully saturated rings. The topological polar surface area (TPSA) is 35.5 Å². The minimum absolute atomic E-state index is 0.168. The summed E-state index contributed by atoms with van der Waals surface area (Å²) < 4.78 is 0. The Labute approximate surface area is 125 Å². The summed E-state index contributed by atoms with van der Waals surface area (Å²) in [4.78, 5) is 2.49. The molecule has 0 aliphatic carbocycles. The summed E-state index contributed by atoms with van der Waals surface area (Å²) in [5.74, 6) is 1.03. The second-order valence-electron chi connectivity index (χ2n) is 6.10. The van der Waals surface area contributed by atoms with Crippen LogP contribution >= 0.6 is 11.6 Å². The number of phenolic OH excluding ortho intramolecular Hbond substituents is 1. The number of piperidine rings is 1. The van der Waals surface area contributed by atoms with E-state index < -0.39 is 0 Å². The molecule has 2 aliphatic rings. The summed E-state index contributed by atoms with van der Waals surface area (Å²) in [6.07, 6.45) is 5.29. The molecule has 1 unspecified atom stereocenters. The second kappa shape index (κ2) is 6.33. The Bertz CT molecular complexity index is 452. The number of halogens is 1. The average Bonchev–Trinajstić information content (AvgIpc) is 2.98. The van der Waals surface area contributed by atoms with Crippen LogP contribution < -0.4 is 5.32 Å². The summed E-state index contributed by atoms with van der Waals surface area (Å²) in [5, 5.41) is 13.5. The number of hydrogen-bond acceptors (Lipinski definition) is 3. The number of hydrogen-bond donors (Lipinski definition) is 2. The van der Waals surface area contributed by atoms with Crippen LogP contribution in [0, 0.1) is 5.92 Å². The van der Waals surface area contributed by atoms with E-state index in [9.17, 15) is 5.11 Å². The van der Waals surface area contributed by atoms with Crippen LogP contribution in [0.4, 0.5) is 0 Å². The van der Waals surface area contributed by atoms with Crippen LogP contribution in [0.2, 0.25) is 5.02 Å². The van der Waals surface area contributed by atoms with Gasteiger partial charge in [-0.15, -0.1) is 0 Å². The Hall–Kier alpha value is -0.770. The third-order valence-corrected chi connectivity index (χ3v) is 5.02. The smallest absolute Gasteiger partial charge is 0.134 e. The molecule has 1 aromatic rings. The highest BCUT2D eigenvalue weighted by atomic mass is 35.5. The van der Waals surface area contributed by atoms with Crippen molar-refractivity contribution in [3.05, 3.63) is 28.8 Å². The lowest BCUT2D eigenvalue weighted by Crippen LogP contribution is -2.40. The van der Waals surface area contributed by atoms with Crippen LogP contribution in [0.15, 0.2) is 18.2 Å². The second-order valence-corrected chi connectivity index (χ2v) is 6.51. The van der Waals surface area contributed by atoms with E-state index in [-0.39, 0.29) is 5.75 Å². The molecule has 2 saturated heterocycles. The van der Waals surface area contributed by atoms with E-state index in [1.54, 1.807) is 6.07 Å². The molecule has 0 spiro atoms. The molecule has 3 nitrogen and oxygen atoms in total. The quantitative estimate of drug-likeness (QED) is 0.899. The molecular weight excluding hydrogens is 272 g/mol. The highest BCUT2D eigenvalue weighted by Crippen LogP contribution is 2.28. The first-order valence-corrected chi connectivity index (χ1v) is 8.03. The van der Waals surface area contributed by atoms with Crippen LogP contribution in [-0.2, 0) is 6.54 Å². The van der Waals surface area contributed by atoms with Crippen LogP contribution in [0.5, 0.6) is 5.75 Å². The van der Waals surface area contributed by atoms with Crippen LogP contribution in [0.25, 0.3) is 0 Å². The number of nitrogens with zero attached hydrogens (tertiary/aromatic N) is 1. The number of aromatic hydroxyl groups is 1. The Morgan fingerprint density at radius 3 is 2.70 bits per heavy atom. The van der Waals surface area contributed by atoms with Gasteiger partial charge in [-0.05, 0) is 68.9 Å². The maximum absolute atomic E-state index is 9.45. The third-order valence-electron chi connectivity index (χ3n) is 4.72. The van der Waals surface area contributed by atoms with Crippen LogP contribution in [-0.4, -0.2) is 35.7 Å². The van der Waals surface area contributed by atoms with Gasteiger partial charge in [0.2, 0.25) is 0 Å². The molecule has 1 atom stereocenters. The van der Waals surface area contributed by atoms with Crippen molar-refractivity contribution < 1.29 is 5.11 Å². The molecule has 3 rings (SSSR count). The Balaban J connectivity index is 1.51. The fraction of sp³-hybridized carbons (Fsp3) is 0.625. The molecule has 110 valence electrons. The zero-order chi connectivity index (χ0) is 13.9. The van der Waals surface area contributed by atoms with Gasteiger partial charge >= 0.3 is 0 Å². The summed E-state index contributed by atoms with van der Waals surface area (Å²) in [6, 6.07) is 6.29.